The average Bonchev–Trinajstić information content (AvgIpc) is 2.89. The molecule has 0 heterocycles. The van der Waals surface area contributed by atoms with E-state index in [1.807, 2.05) is 0 Å². The van der Waals surface area contributed by atoms with Gasteiger partial charge in [-0.1, -0.05) is 20.8 Å². The Hall–Kier alpha value is -0.0662. The minimum absolute atomic E-state index is 0.300. The summed E-state index contributed by atoms with van der Waals surface area (Å²) in [5, 5.41) is 0. The summed E-state index contributed by atoms with van der Waals surface area (Å²) in [7, 11) is -3.02. The zero-order valence-corrected chi connectivity index (χ0v) is 23.3. The predicted molar refractivity (Wildman–Crippen MR) is 132 cm³/mol. The minimum atomic E-state index is -1.55. The van der Waals surface area contributed by atoms with Crippen LogP contribution in [-0.4, -0.2) is 22.7 Å². The van der Waals surface area contributed by atoms with E-state index in [1.165, 1.54) is 50.7 Å². The Bertz CT molecular complexity index is 690. The molecule has 8 atom stereocenters. The highest BCUT2D eigenvalue weighted by molar-refractivity contribution is 6.70. The van der Waals surface area contributed by atoms with Crippen molar-refractivity contribution in [3.63, 3.8) is 0 Å². The van der Waals surface area contributed by atoms with Crippen LogP contribution < -0.4 is 0 Å². The molecule has 4 heteroatoms. The first kappa shape index (κ1) is 23.1. The molecular weight excluding hydrogens is 400 g/mol. The monoisotopic (exact) mass is 448 g/mol. The Morgan fingerprint density at radius 1 is 0.933 bits per heavy atom. The smallest absolute Gasteiger partial charge is 0.241 e. The van der Waals surface area contributed by atoms with Gasteiger partial charge in [0.2, 0.25) is 8.32 Å². The Kier molecular flexibility index (Phi) is 5.76. The fourth-order valence-electron chi connectivity index (χ4n) is 8.21. The topological polar surface area (TPSA) is 18.5 Å². The molecule has 0 aromatic heterocycles. The largest absolute Gasteiger partial charge is 0.547 e. The molecule has 0 saturated heterocycles. The van der Waals surface area contributed by atoms with Crippen LogP contribution in [0.5, 0.6) is 0 Å². The zero-order chi connectivity index (χ0) is 22.1. The molecule has 6 unspecified atom stereocenters. The molecule has 3 saturated carbocycles. The molecule has 4 aliphatic carbocycles. The molecule has 4 rings (SSSR count). The van der Waals surface area contributed by atoms with Gasteiger partial charge in [-0.15, -0.1) is 0 Å². The second-order valence-corrected chi connectivity index (χ2v) is 22.7. The number of hydrogen-bond acceptors (Lipinski definition) is 2. The molecule has 0 radical (unpaired) electrons. The van der Waals surface area contributed by atoms with Gasteiger partial charge in [0.05, 0.1) is 5.76 Å². The van der Waals surface area contributed by atoms with Crippen molar-refractivity contribution in [2.24, 2.45) is 40.4 Å². The van der Waals surface area contributed by atoms with E-state index in [9.17, 15) is 0 Å². The van der Waals surface area contributed by atoms with E-state index in [-0.39, 0.29) is 0 Å². The fourth-order valence-corrected chi connectivity index (χ4v) is 10.4. The van der Waals surface area contributed by atoms with Gasteiger partial charge in [0.15, 0.2) is 8.32 Å². The maximum atomic E-state index is 6.68. The van der Waals surface area contributed by atoms with Crippen molar-refractivity contribution in [3.8, 4) is 0 Å². The Labute approximate surface area is 188 Å². The van der Waals surface area contributed by atoms with Gasteiger partial charge < -0.3 is 8.85 Å². The van der Waals surface area contributed by atoms with Crippen molar-refractivity contribution in [3.05, 3.63) is 11.8 Å². The van der Waals surface area contributed by atoms with Crippen molar-refractivity contribution >= 4 is 16.6 Å². The molecule has 0 aromatic rings. The summed E-state index contributed by atoms with van der Waals surface area (Å²) in [6, 6.07) is 0. The van der Waals surface area contributed by atoms with Gasteiger partial charge in [0.25, 0.3) is 0 Å². The summed E-state index contributed by atoms with van der Waals surface area (Å²) in [5.41, 5.74) is 0.819. The first-order valence-corrected chi connectivity index (χ1v) is 19.6. The quantitative estimate of drug-likeness (QED) is 0.408. The highest BCUT2D eigenvalue weighted by Gasteiger charge is 2.60. The van der Waals surface area contributed by atoms with Crippen molar-refractivity contribution in [1.82, 2.24) is 0 Å². The van der Waals surface area contributed by atoms with E-state index < -0.39 is 16.6 Å². The SMILES string of the molecule is C[C@@H]1CC2(C)C(CCC3C4CC=C(O[Si](C)(C)C)C4(C)CCC32)C[C@@H]1O[Si](C)(C)C. The van der Waals surface area contributed by atoms with Gasteiger partial charge in [0, 0.05) is 11.5 Å². The normalized spacial score (nSPS) is 46.5. The maximum Gasteiger partial charge on any atom is 0.241 e. The highest BCUT2D eigenvalue weighted by Crippen LogP contribution is 2.67. The molecule has 0 aromatic carbocycles. The number of allylic oxidation sites excluding steroid dienone is 2. The van der Waals surface area contributed by atoms with Crippen LogP contribution in [0.15, 0.2) is 11.8 Å². The van der Waals surface area contributed by atoms with E-state index in [0.29, 0.717) is 22.9 Å². The molecule has 0 spiro atoms. The molecule has 0 amide bonds. The third-order valence-corrected chi connectivity index (χ3v) is 11.3. The molecule has 0 bridgehead atoms. The molecule has 4 aliphatic rings. The summed E-state index contributed by atoms with van der Waals surface area (Å²) in [6.45, 7) is 21.8. The van der Waals surface area contributed by atoms with Crippen LogP contribution in [0.2, 0.25) is 39.3 Å². The van der Waals surface area contributed by atoms with Gasteiger partial charge in [-0.05, 0) is 125 Å². The second-order valence-electron chi connectivity index (χ2n) is 13.8. The van der Waals surface area contributed by atoms with E-state index in [0.717, 1.165) is 23.7 Å². The van der Waals surface area contributed by atoms with Crippen molar-refractivity contribution in [1.29, 1.82) is 0 Å². The lowest BCUT2D eigenvalue weighted by Gasteiger charge is -2.62. The van der Waals surface area contributed by atoms with Crippen molar-refractivity contribution in [2.75, 3.05) is 0 Å². The van der Waals surface area contributed by atoms with Crippen LogP contribution >= 0.6 is 0 Å². The van der Waals surface area contributed by atoms with Crippen LogP contribution in [0.3, 0.4) is 0 Å². The van der Waals surface area contributed by atoms with Gasteiger partial charge in [0.1, 0.15) is 0 Å². The van der Waals surface area contributed by atoms with Crippen molar-refractivity contribution in [2.45, 2.75) is 111 Å². The number of fused-ring (bicyclic) bond motifs is 5. The van der Waals surface area contributed by atoms with E-state index >= 15 is 0 Å². The number of hydrogen-bond donors (Lipinski definition) is 0. The highest BCUT2D eigenvalue weighted by atomic mass is 28.4. The zero-order valence-electron chi connectivity index (χ0n) is 21.3. The molecule has 0 N–H and O–H groups in total. The summed E-state index contributed by atoms with van der Waals surface area (Å²) in [5.74, 6) is 5.56. The summed E-state index contributed by atoms with van der Waals surface area (Å²) in [4.78, 5) is 0. The molecule has 0 aliphatic heterocycles. The standard InChI is InChI=1S/C26H48O2Si2/c1-18-17-26(3)19(16-23(18)27-29(4,5)6)10-11-20-21-12-13-24(28-30(7,8)9)25(21,2)15-14-22(20)26/h13,18-23H,10-12,14-17H2,1-9H3/t18-,19?,20?,21?,22?,23+,25?,26?/m1/s1. The van der Waals surface area contributed by atoms with E-state index in [1.54, 1.807) is 0 Å². The van der Waals surface area contributed by atoms with Gasteiger partial charge >= 0.3 is 0 Å². The molecular formula is C26H48O2Si2. The van der Waals surface area contributed by atoms with Crippen LogP contribution in [0.1, 0.15) is 65.7 Å². The van der Waals surface area contributed by atoms with E-state index in [4.69, 9.17) is 8.85 Å². The van der Waals surface area contributed by atoms with Crippen molar-refractivity contribution < 1.29 is 8.85 Å². The lowest BCUT2D eigenvalue weighted by molar-refractivity contribution is -0.133. The van der Waals surface area contributed by atoms with Crippen LogP contribution in [0.25, 0.3) is 0 Å². The second kappa shape index (κ2) is 7.48. The molecule has 2 nitrogen and oxygen atoms in total. The van der Waals surface area contributed by atoms with Crippen LogP contribution in [0.4, 0.5) is 0 Å². The lowest BCUT2D eigenvalue weighted by atomic mass is 9.44. The molecule has 30 heavy (non-hydrogen) atoms. The summed E-state index contributed by atoms with van der Waals surface area (Å²) >= 11 is 0. The van der Waals surface area contributed by atoms with Crippen LogP contribution in [-0.2, 0) is 8.85 Å². The summed E-state index contributed by atoms with van der Waals surface area (Å²) < 4.78 is 13.3. The molecule has 3 fully saturated rings. The Morgan fingerprint density at radius 2 is 1.63 bits per heavy atom. The van der Waals surface area contributed by atoms with Gasteiger partial charge in [-0.3, -0.25) is 0 Å². The van der Waals surface area contributed by atoms with Crippen LogP contribution in [0, 0.1) is 40.4 Å². The van der Waals surface area contributed by atoms with E-state index in [2.05, 4.69) is 66.1 Å². The minimum Gasteiger partial charge on any atom is -0.547 e. The third-order valence-electron chi connectivity index (χ3n) is 9.41. The maximum absolute atomic E-state index is 6.68. The Morgan fingerprint density at radius 3 is 2.27 bits per heavy atom. The first-order chi connectivity index (χ1) is 13.7. The lowest BCUT2D eigenvalue weighted by Crippen LogP contribution is -2.56. The predicted octanol–water partition coefficient (Wildman–Crippen LogP) is 7.84. The third kappa shape index (κ3) is 4.03. The average molecular weight is 449 g/mol. The van der Waals surface area contributed by atoms with Gasteiger partial charge in [-0.2, -0.15) is 0 Å². The number of rotatable bonds is 4. The fraction of sp³-hybridized carbons (Fsp3) is 0.923. The first-order valence-electron chi connectivity index (χ1n) is 12.8. The van der Waals surface area contributed by atoms with Gasteiger partial charge in [-0.25, -0.2) is 0 Å². The summed E-state index contributed by atoms with van der Waals surface area (Å²) in [6.07, 6.45) is 12.6. The Balaban J connectivity index is 1.52. The molecule has 172 valence electrons.